The van der Waals surface area contributed by atoms with Crippen LogP contribution in [0.4, 0.5) is 5.82 Å². The van der Waals surface area contributed by atoms with Gasteiger partial charge in [0.1, 0.15) is 17.4 Å². The number of anilines is 1. The van der Waals surface area contributed by atoms with Gasteiger partial charge in [0.05, 0.1) is 26.0 Å². The van der Waals surface area contributed by atoms with Gasteiger partial charge in [-0.3, -0.25) is 15.0 Å². The van der Waals surface area contributed by atoms with E-state index >= 15 is 0 Å². The Balaban J connectivity index is 1.83. The third kappa shape index (κ3) is 3.56. The predicted octanol–water partition coefficient (Wildman–Crippen LogP) is 1.70. The Morgan fingerprint density at radius 3 is 2.72 bits per heavy atom. The lowest BCUT2D eigenvalue weighted by molar-refractivity contribution is -0.541. The number of hydrogen-bond acceptors (Lipinski definition) is 8. The number of nitro groups is 1. The molecule has 4 rings (SSSR count). The first-order chi connectivity index (χ1) is 14.1. The second kappa shape index (κ2) is 8.18. The maximum atomic E-state index is 12.4. The number of hydrogen-bond donors (Lipinski definition) is 1. The number of carbonyl (C=O) groups excluding carboxylic acids is 1. The molecule has 1 aromatic carbocycles. The molecule has 3 unspecified atom stereocenters. The summed E-state index contributed by atoms with van der Waals surface area (Å²) in [6.45, 7) is 4.04. The Bertz CT molecular complexity index is 880. The normalized spacial score (nSPS) is 24.4. The SMILES string of the molecule is CCOC(=O)c1cnn2c1NC(c1ccccc1)C([N+](=O)[O-])C2N1CCOCC1. The van der Waals surface area contributed by atoms with E-state index in [0.717, 1.165) is 5.56 Å². The van der Waals surface area contributed by atoms with Crippen molar-refractivity contribution in [1.82, 2.24) is 14.7 Å². The summed E-state index contributed by atoms with van der Waals surface area (Å²) in [7, 11) is 0. The maximum Gasteiger partial charge on any atom is 0.343 e. The van der Waals surface area contributed by atoms with Crippen LogP contribution in [0.1, 0.15) is 35.1 Å². The highest BCUT2D eigenvalue weighted by Gasteiger charge is 2.50. The van der Waals surface area contributed by atoms with Crippen molar-refractivity contribution in [3.63, 3.8) is 0 Å². The molecule has 1 aromatic heterocycles. The molecule has 2 aliphatic rings. The molecule has 2 aromatic rings. The van der Waals surface area contributed by atoms with Crippen LogP contribution in [0.15, 0.2) is 36.5 Å². The van der Waals surface area contributed by atoms with Gasteiger partial charge in [0.25, 0.3) is 6.04 Å². The molecule has 29 heavy (non-hydrogen) atoms. The quantitative estimate of drug-likeness (QED) is 0.458. The van der Waals surface area contributed by atoms with Crippen molar-refractivity contribution in [1.29, 1.82) is 0 Å². The summed E-state index contributed by atoms with van der Waals surface area (Å²) < 4.78 is 12.1. The number of esters is 1. The molecule has 1 saturated heterocycles. The molecule has 1 N–H and O–H groups in total. The summed E-state index contributed by atoms with van der Waals surface area (Å²) in [5.74, 6) is -0.0692. The van der Waals surface area contributed by atoms with Gasteiger partial charge in [0.15, 0.2) is 6.17 Å². The number of ether oxygens (including phenoxy) is 2. The van der Waals surface area contributed by atoms with Gasteiger partial charge >= 0.3 is 5.97 Å². The summed E-state index contributed by atoms with van der Waals surface area (Å²) >= 11 is 0. The van der Waals surface area contributed by atoms with Gasteiger partial charge in [0.2, 0.25) is 0 Å². The summed E-state index contributed by atoms with van der Waals surface area (Å²) in [6.07, 6.45) is 0.761. The second-order valence-corrected chi connectivity index (χ2v) is 6.94. The molecule has 3 atom stereocenters. The van der Waals surface area contributed by atoms with Crippen molar-refractivity contribution in [2.24, 2.45) is 0 Å². The van der Waals surface area contributed by atoms with Gasteiger partial charge in [-0.25, -0.2) is 9.48 Å². The molecule has 0 aliphatic carbocycles. The molecule has 0 amide bonds. The highest BCUT2D eigenvalue weighted by molar-refractivity contribution is 5.94. The van der Waals surface area contributed by atoms with E-state index in [4.69, 9.17) is 9.47 Å². The van der Waals surface area contributed by atoms with Gasteiger partial charge in [-0.05, 0) is 12.5 Å². The van der Waals surface area contributed by atoms with Crippen LogP contribution < -0.4 is 5.32 Å². The molecule has 0 bridgehead atoms. The molecule has 3 heterocycles. The molecule has 10 heteroatoms. The molecule has 2 aliphatic heterocycles. The van der Waals surface area contributed by atoms with E-state index < -0.39 is 24.2 Å². The first-order valence-corrected chi connectivity index (χ1v) is 9.63. The smallest absolute Gasteiger partial charge is 0.343 e. The van der Waals surface area contributed by atoms with Crippen LogP contribution in [-0.2, 0) is 9.47 Å². The summed E-state index contributed by atoms with van der Waals surface area (Å²) in [5.41, 5.74) is 1.04. The van der Waals surface area contributed by atoms with Gasteiger partial charge in [-0.1, -0.05) is 30.3 Å². The summed E-state index contributed by atoms with van der Waals surface area (Å²) in [4.78, 5) is 26.4. The number of morpholine rings is 1. The van der Waals surface area contributed by atoms with Gasteiger partial charge < -0.3 is 14.8 Å². The van der Waals surface area contributed by atoms with E-state index in [2.05, 4.69) is 10.4 Å². The molecule has 0 saturated carbocycles. The Morgan fingerprint density at radius 2 is 2.07 bits per heavy atom. The summed E-state index contributed by atoms with van der Waals surface area (Å²) in [5, 5.41) is 19.8. The lowest BCUT2D eigenvalue weighted by Gasteiger charge is -2.41. The third-order valence-electron chi connectivity index (χ3n) is 5.30. The number of benzene rings is 1. The van der Waals surface area contributed by atoms with Crippen molar-refractivity contribution in [2.45, 2.75) is 25.2 Å². The number of fused-ring (bicyclic) bond motifs is 1. The van der Waals surface area contributed by atoms with E-state index in [0.29, 0.717) is 32.1 Å². The van der Waals surface area contributed by atoms with E-state index in [1.54, 1.807) is 11.6 Å². The standard InChI is InChI=1S/C19H23N5O5/c1-2-29-19(25)14-12-20-23-17(14)21-15(13-6-4-3-5-7-13)16(24(26)27)18(23)22-8-10-28-11-9-22/h3-7,12,15-16,18,21H,2,8-11H2,1H3. The first-order valence-electron chi connectivity index (χ1n) is 9.63. The molecular formula is C19H23N5O5. The second-order valence-electron chi connectivity index (χ2n) is 6.94. The molecule has 0 radical (unpaired) electrons. The van der Waals surface area contributed by atoms with Crippen molar-refractivity contribution in [3.8, 4) is 0 Å². The molecule has 154 valence electrons. The van der Waals surface area contributed by atoms with Gasteiger partial charge in [0, 0.05) is 18.0 Å². The van der Waals surface area contributed by atoms with E-state index in [1.165, 1.54) is 6.20 Å². The van der Waals surface area contributed by atoms with Crippen LogP contribution >= 0.6 is 0 Å². The minimum Gasteiger partial charge on any atom is -0.462 e. The number of nitrogens with one attached hydrogen (secondary N) is 1. The average Bonchev–Trinajstić information content (AvgIpc) is 3.17. The van der Waals surface area contributed by atoms with Gasteiger partial charge in [-0.15, -0.1) is 0 Å². The largest absolute Gasteiger partial charge is 0.462 e. The van der Waals surface area contributed by atoms with E-state index in [-0.39, 0.29) is 17.1 Å². The number of nitrogens with zero attached hydrogens (tertiary/aromatic N) is 4. The van der Waals surface area contributed by atoms with Crippen LogP contribution in [0.25, 0.3) is 0 Å². The lowest BCUT2D eigenvalue weighted by atomic mass is 9.94. The Hall–Kier alpha value is -2.98. The van der Waals surface area contributed by atoms with Crippen LogP contribution in [0.2, 0.25) is 0 Å². The topological polar surface area (TPSA) is 112 Å². The molecule has 10 nitrogen and oxygen atoms in total. The molecule has 0 spiro atoms. The minimum atomic E-state index is -1.00. The van der Waals surface area contributed by atoms with Gasteiger partial charge in [-0.2, -0.15) is 5.10 Å². The zero-order valence-electron chi connectivity index (χ0n) is 16.1. The zero-order chi connectivity index (χ0) is 20.4. The molecular weight excluding hydrogens is 378 g/mol. The van der Waals surface area contributed by atoms with Crippen molar-refractivity contribution in [2.75, 3.05) is 38.2 Å². The first kappa shape index (κ1) is 19.3. The maximum absolute atomic E-state index is 12.4. The van der Waals surface area contributed by atoms with Crippen LogP contribution in [0, 0.1) is 10.1 Å². The van der Waals surface area contributed by atoms with Crippen LogP contribution in [0.5, 0.6) is 0 Å². The third-order valence-corrected chi connectivity index (χ3v) is 5.30. The zero-order valence-corrected chi connectivity index (χ0v) is 16.1. The summed E-state index contributed by atoms with van der Waals surface area (Å²) in [6, 6.07) is 7.61. The highest BCUT2D eigenvalue weighted by Crippen LogP contribution is 2.40. The predicted molar refractivity (Wildman–Crippen MR) is 103 cm³/mol. The van der Waals surface area contributed by atoms with Crippen molar-refractivity contribution < 1.29 is 19.2 Å². The number of rotatable bonds is 5. The lowest BCUT2D eigenvalue weighted by Crippen LogP contribution is -2.54. The van der Waals surface area contributed by atoms with Crippen molar-refractivity contribution >= 4 is 11.8 Å². The van der Waals surface area contributed by atoms with Crippen molar-refractivity contribution in [3.05, 3.63) is 57.8 Å². The fourth-order valence-electron chi connectivity index (χ4n) is 4.00. The number of carbonyl (C=O) groups is 1. The van der Waals surface area contributed by atoms with E-state index in [1.807, 2.05) is 35.2 Å². The van der Waals surface area contributed by atoms with Crippen LogP contribution in [-0.4, -0.2) is 64.5 Å². The fraction of sp³-hybridized carbons (Fsp3) is 0.474. The van der Waals surface area contributed by atoms with E-state index in [9.17, 15) is 14.9 Å². The van der Waals surface area contributed by atoms with Crippen LogP contribution in [0.3, 0.4) is 0 Å². The average molecular weight is 401 g/mol. The Morgan fingerprint density at radius 1 is 1.34 bits per heavy atom. The Kier molecular flexibility index (Phi) is 5.45. The highest BCUT2D eigenvalue weighted by atomic mass is 16.6. The Labute approximate surface area is 167 Å². The number of aromatic nitrogens is 2. The minimum absolute atomic E-state index is 0.232. The fourth-order valence-corrected chi connectivity index (χ4v) is 4.00. The monoisotopic (exact) mass is 401 g/mol. The molecule has 1 fully saturated rings.